The van der Waals surface area contributed by atoms with Crippen LogP contribution in [0.2, 0.25) is 0 Å². The van der Waals surface area contributed by atoms with Crippen molar-refractivity contribution in [1.82, 2.24) is 4.98 Å². The summed E-state index contributed by atoms with van der Waals surface area (Å²) < 4.78 is 6.01. The average molecular weight is 284 g/mol. The number of fused-ring (bicyclic) bond motifs is 1. The number of carbonyl (C=O) groups excluding carboxylic acids is 1. The number of methoxy groups -OCH3 is 1. The lowest BCUT2D eigenvalue weighted by molar-refractivity contribution is 0.104. The molecular weight excluding hydrogens is 272 g/mol. The largest absolute Gasteiger partial charge is 0.497 e. The number of nitrogens with two attached hydrogens (primary N) is 1. The summed E-state index contributed by atoms with van der Waals surface area (Å²) in [6.07, 6.45) is 3.39. The molecule has 4 nitrogen and oxygen atoms in total. The van der Waals surface area contributed by atoms with E-state index in [0.29, 0.717) is 21.9 Å². The van der Waals surface area contributed by atoms with Crippen LogP contribution in [0.3, 0.4) is 0 Å². The van der Waals surface area contributed by atoms with Crippen LogP contribution in [0.15, 0.2) is 42.7 Å². The normalized spacial score (nSPS) is 10.7. The fourth-order valence-electron chi connectivity index (χ4n) is 2.09. The lowest BCUT2D eigenvalue weighted by Gasteiger charge is -2.03. The highest BCUT2D eigenvalue weighted by Crippen LogP contribution is 2.34. The second kappa shape index (κ2) is 4.94. The fraction of sp³-hybridized carbons (Fsp3) is 0.0667. The minimum absolute atomic E-state index is 0.0809. The maximum absolute atomic E-state index is 12.6. The van der Waals surface area contributed by atoms with E-state index in [9.17, 15) is 4.79 Å². The van der Waals surface area contributed by atoms with Crippen molar-refractivity contribution in [2.24, 2.45) is 0 Å². The Morgan fingerprint density at radius 2 is 2.00 bits per heavy atom. The molecule has 0 atom stereocenters. The van der Waals surface area contributed by atoms with Crippen LogP contribution in [-0.2, 0) is 0 Å². The molecule has 0 spiro atoms. The first-order chi connectivity index (χ1) is 9.70. The Hall–Kier alpha value is -2.40. The number of nitrogens with zero attached hydrogens (tertiary/aromatic N) is 1. The lowest BCUT2D eigenvalue weighted by Crippen LogP contribution is -2.03. The van der Waals surface area contributed by atoms with E-state index in [0.717, 1.165) is 10.1 Å². The highest BCUT2D eigenvalue weighted by Gasteiger charge is 2.18. The van der Waals surface area contributed by atoms with Gasteiger partial charge >= 0.3 is 0 Å². The maximum atomic E-state index is 12.6. The Balaban J connectivity index is 2.09. The molecule has 0 radical (unpaired) electrons. The van der Waals surface area contributed by atoms with Crippen molar-refractivity contribution in [2.75, 3.05) is 12.8 Å². The van der Waals surface area contributed by atoms with E-state index >= 15 is 0 Å². The Labute approximate surface area is 119 Å². The molecule has 0 aliphatic carbocycles. The van der Waals surface area contributed by atoms with Crippen molar-refractivity contribution in [3.63, 3.8) is 0 Å². The van der Waals surface area contributed by atoms with Gasteiger partial charge in [-0.15, -0.1) is 11.3 Å². The Morgan fingerprint density at radius 3 is 2.70 bits per heavy atom. The van der Waals surface area contributed by atoms with E-state index in [2.05, 4.69) is 4.98 Å². The van der Waals surface area contributed by atoms with Crippen molar-refractivity contribution in [3.05, 3.63) is 53.9 Å². The third-order valence-corrected chi connectivity index (χ3v) is 4.07. The van der Waals surface area contributed by atoms with Gasteiger partial charge in [-0.05, 0) is 30.3 Å². The summed E-state index contributed by atoms with van der Waals surface area (Å²) in [7, 11) is 1.59. The van der Waals surface area contributed by atoms with E-state index in [1.807, 2.05) is 6.07 Å². The number of pyridine rings is 1. The molecule has 3 rings (SSSR count). The van der Waals surface area contributed by atoms with Gasteiger partial charge in [-0.1, -0.05) is 0 Å². The first-order valence-electron chi connectivity index (χ1n) is 6.01. The van der Waals surface area contributed by atoms with Gasteiger partial charge in [0.25, 0.3) is 0 Å². The number of anilines is 1. The van der Waals surface area contributed by atoms with Crippen molar-refractivity contribution in [3.8, 4) is 5.75 Å². The summed E-state index contributed by atoms with van der Waals surface area (Å²) in [5, 5.41) is 1.37. The van der Waals surface area contributed by atoms with Gasteiger partial charge in [0.2, 0.25) is 0 Å². The van der Waals surface area contributed by atoms with Crippen molar-refractivity contribution >= 4 is 32.2 Å². The number of aromatic nitrogens is 1. The second-order valence-electron chi connectivity index (χ2n) is 4.27. The smallest absolute Gasteiger partial charge is 0.196 e. The van der Waals surface area contributed by atoms with Crippen LogP contribution in [0, 0.1) is 0 Å². The monoisotopic (exact) mass is 284 g/mol. The van der Waals surface area contributed by atoms with Crippen LogP contribution in [-0.4, -0.2) is 17.9 Å². The summed E-state index contributed by atoms with van der Waals surface area (Å²) in [6, 6.07) is 8.83. The summed E-state index contributed by atoms with van der Waals surface area (Å²) in [5.41, 5.74) is 7.14. The molecule has 0 saturated heterocycles. The van der Waals surface area contributed by atoms with Crippen molar-refractivity contribution in [1.29, 1.82) is 0 Å². The molecule has 0 aliphatic rings. The summed E-state index contributed by atoms with van der Waals surface area (Å²) in [4.78, 5) is 16.7. The van der Waals surface area contributed by atoms with Gasteiger partial charge in [-0.2, -0.15) is 0 Å². The molecule has 100 valence electrons. The second-order valence-corrected chi connectivity index (χ2v) is 5.35. The number of thiophene rings is 1. The van der Waals surface area contributed by atoms with Crippen LogP contribution in [0.4, 0.5) is 5.00 Å². The average Bonchev–Trinajstić information content (AvgIpc) is 2.82. The molecule has 2 heterocycles. The zero-order valence-electron chi connectivity index (χ0n) is 10.8. The lowest BCUT2D eigenvalue weighted by atomic mass is 10.0. The first kappa shape index (κ1) is 12.6. The molecule has 0 amide bonds. The topological polar surface area (TPSA) is 65.2 Å². The predicted octanol–water partition coefficient (Wildman–Crippen LogP) is 3.12. The van der Waals surface area contributed by atoms with Crippen molar-refractivity contribution < 1.29 is 9.53 Å². The first-order valence-corrected chi connectivity index (χ1v) is 6.83. The van der Waals surface area contributed by atoms with Crippen molar-refractivity contribution in [2.45, 2.75) is 0 Å². The Kier molecular flexibility index (Phi) is 3.12. The van der Waals surface area contributed by atoms with E-state index in [-0.39, 0.29) is 5.78 Å². The summed E-state index contributed by atoms with van der Waals surface area (Å²) >= 11 is 1.38. The highest BCUT2D eigenvalue weighted by molar-refractivity contribution is 7.23. The quantitative estimate of drug-likeness (QED) is 0.750. The van der Waals surface area contributed by atoms with Gasteiger partial charge in [0.05, 0.1) is 22.4 Å². The van der Waals surface area contributed by atoms with E-state index in [1.165, 1.54) is 11.3 Å². The molecule has 5 heteroatoms. The van der Waals surface area contributed by atoms with E-state index < -0.39 is 0 Å². The van der Waals surface area contributed by atoms with Gasteiger partial charge in [0.1, 0.15) is 5.75 Å². The van der Waals surface area contributed by atoms with Crippen LogP contribution < -0.4 is 10.5 Å². The number of carbonyl (C=O) groups is 1. The number of ketones is 1. The van der Waals surface area contributed by atoms with Gasteiger partial charge in [-0.25, -0.2) is 0 Å². The van der Waals surface area contributed by atoms with E-state index in [1.54, 1.807) is 43.8 Å². The van der Waals surface area contributed by atoms with Gasteiger partial charge in [-0.3, -0.25) is 9.78 Å². The van der Waals surface area contributed by atoms with E-state index in [4.69, 9.17) is 10.5 Å². The maximum Gasteiger partial charge on any atom is 0.196 e. The molecule has 0 fully saturated rings. The SMILES string of the molecule is COc1ccc(C(=O)c2c(N)sc3cnccc23)cc1. The number of ether oxygens (including phenoxy) is 1. The molecule has 0 saturated carbocycles. The van der Waals surface area contributed by atoms with Crippen LogP contribution in [0.5, 0.6) is 5.75 Å². The molecule has 3 aromatic rings. The number of hydrogen-bond donors (Lipinski definition) is 1. The Morgan fingerprint density at radius 1 is 1.25 bits per heavy atom. The van der Waals surface area contributed by atoms with Crippen LogP contribution in [0.1, 0.15) is 15.9 Å². The number of rotatable bonds is 3. The molecular formula is C15H12N2O2S. The molecule has 0 unspecified atom stereocenters. The molecule has 20 heavy (non-hydrogen) atoms. The molecule has 1 aromatic carbocycles. The molecule has 2 aromatic heterocycles. The minimum Gasteiger partial charge on any atom is -0.497 e. The van der Waals surface area contributed by atoms with Gasteiger partial charge < -0.3 is 10.5 Å². The minimum atomic E-state index is -0.0809. The molecule has 0 bridgehead atoms. The zero-order valence-corrected chi connectivity index (χ0v) is 11.6. The van der Waals surface area contributed by atoms with Crippen LogP contribution >= 0.6 is 11.3 Å². The fourth-order valence-corrected chi connectivity index (χ4v) is 3.03. The van der Waals surface area contributed by atoms with Crippen LogP contribution in [0.25, 0.3) is 10.1 Å². The standard InChI is InChI=1S/C15H12N2O2S/c1-19-10-4-2-9(3-5-10)14(18)13-11-6-7-17-8-12(11)20-15(13)16/h2-8H,16H2,1H3. The third-order valence-electron chi connectivity index (χ3n) is 3.10. The van der Waals surface area contributed by atoms with Gasteiger partial charge in [0, 0.05) is 23.3 Å². The summed E-state index contributed by atoms with van der Waals surface area (Å²) in [5.74, 6) is 0.636. The number of nitrogen functional groups attached to an aromatic ring is 1. The summed E-state index contributed by atoms with van der Waals surface area (Å²) in [6.45, 7) is 0. The molecule has 0 aliphatic heterocycles. The Bertz CT molecular complexity index is 778. The third kappa shape index (κ3) is 2.02. The zero-order chi connectivity index (χ0) is 14.1. The predicted molar refractivity (Wildman–Crippen MR) is 80.5 cm³/mol. The number of benzene rings is 1. The van der Waals surface area contributed by atoms with Gasteiger partial charge in [0.15, 0.2) is 5.78 Å². The number of hydrogen-bond acceptors (Lipinski definition) is 5. The highest BCUT2D eigenvalue weighted by atomic mass is 32.1. The molecule has 2 N–H and O–H groups in total.